The van der Waals surface area contributed by atoms with E-state index in [2.05, 4.69) is 31.9 Å². The van der Waals surface area contributed by atoms with Crippen molar-refractivity contribution in [2.75, 3.05) is 0 Å². The Labute approximate surface area is 98.5 Å². The smallest absolute Gasteiger partial charge is 0.0677 e. The van der Waals surface area contributed by atoms with Crippen LogP contribution >= 0.6 is 0 Å². The fourth-order valence-corrected chi connectivity index (χ4v) is 2.36. The molecule has 3 nitrogen and oxygen atoms in total. The first-order chi connectivity index (χ1) is 7.34. The van der Waals surface area contributed by atoms with Crippen molar-refractivity contribution < 1.29 is 5.11 Å². The molecule has 1 unspecified atom stereocenters. The lowest BCUT2D eigenvalue weighted by molar-refractivity contribution is 0.0369. The average Bonchev–Trinajstić information content (AvgIpc) is 2.42. The van der Waals surface area contributed by atoms with Crippen molar-refractivity contribution in [3.63, 3.8) is 0 Å². The molecule has 0 spiro atoms. The number of rotatable bonds is 5. The second kappa shape index (κ2) is 5.00. The maximum Gasteiger partial charge on any atom is 0.0677 e. The molecule has 92 valence electrons. The molecule has 1 rings (SSSR count). The summed E-state index contributed by atoms with van der Waals surface area (Å²) in [4.78, 5) is 0. The molecular weight excluding hydrogens is 200 g/mol. The molecule has 0 aromatic carbocycles. The van der Waals surface area contributed by atoms with E-state index in [1.165, 1.54) is 0 Å². The lowest BCUT2D eigenvalue weighted by Gasteiger charge is -2.25. The number of hydrogen-bond acceptors (Lipinski definition) is 2. The van der Waals surface area contributed by atoms with E-state index in [1.54, 1.807) is 0 Å². The van der Waals surface area contributed by atoms with Crippen LogP contribution in [0.3, 0.4) is 0 Å². The lowest BCUT2D eigenvalue weighted by atomic mass is 9.90. The maximum absolute atomic E-state index is 10.3. The van der Waals surface area contributed by atoms with Gasteiger partial charge in [0.05, 0.1) is 11.3 Å². The summed E-state index contributed by atoms with van der Waals surface area (Å²) < 4.78 is 1.98. The van der Waals surface area contributed by atoms with Crippen LogP contribution < -0.4 is 0 Å². The van der Waals surface area contributed by atoms with Crippen molar-refractivity contribution in [1.29, 1.82) is 0 Å². The zero-order valence-corrected chi connectivity index (χ0v) is 11.1. The van der Waals surface area contributed by atoms with Gasteiger partial charge in [-0.15, -0.1) is 0 Å². The highest BCUT2D eigenvalue weighted by Gasteiger charge is 2.24. The van der Waals surface area contributed by atoms with Crippen LogP contribution in [0.4, 0.5) is 0 Å². The van der Waals surface area contributed by atoms with Gasteiger partial charge in [0.2, 0.25) is 0 Å². The molecule has 16 heavy (non-hydrogen) atoms. The van der Waals surface area contributed by atoms with E-state index in [4.69, 9.17) is 0 Å². The number of aryl methyl sites for hydroxylation is 2. The Bertz CT molecular complexity index is 340. The molecule has 0 aliphatic heterocycles. The Morgan fingerprint density at radius 3 is 2.62 bits per heavy atom. The maximum atomic E-state index is 10.3. The predicted molar refractivity (Wildman–Crippen MR) is 66.4 cm³/mol. The highest BCUT2D eigenvalue weighted by molar-refractivity contribution is 5.11. The molecule has 0 bridgehead atoms. The van der Waals surface area contributed by atoms with Crippen molar-refractivity contribution in [2.24, 2.45) is 5.92 Å². The van der Waals surface area contributed by atoms with Gasteiger partial charge < -0.3 is 5.11 Å². The van der Waals surface area contributed by atoms with Gasteiger partial charge in [-0.1, -0.05) is 13.8 Å². The summed E-state index contributed by atoms with van der Waals surface area (Å²) in [5, 5.41) is 14.7. The molecule has 3 heteroatoms. The van der Waals surface area contributed by atoms with Crippen LogP contribution in [0.15, 0.2) is 6.07 Å². The fraction of sp³-hybridized carbons (Fsp3) is 0.769. The highest BCUT2D eigenvalue weighted by Crippen LogP contribution is 2.21. The van der Waals surface area contributed by atoms with Gasteiger partial charge in [-0.3, -0.25) is 4.68 Å². The van der Waals surface area contributed by atoms with Crippen LogP contribution in [0, 0.1) is 12.8 Å². The topological polar surface area (TPSA) is 38.0 Å². The third-order valence-corrected chi connectivity index (χ3v) is 2.69. The monoisotopic (exact) mass is 224 g/mol. The van der Waals surface area contributed by atoms with Crippen LogP contribution in [-0.2, 0) is 13.0 Å². The van der Waals surface area contributed by atoms with Crippen LogP contribution in [0.25, 0.3) is 0 Å². The number of aromatic nitrogens is 2. The average molecular weight is 224 g/mol. The summed E-state index contributed by atoms with van der Waals surface area (Å²) >= 11 is 0. The molecule has 0 aliphatic rings. The van der Waals surface area contributed by atoms with E-state index in [0.29, 0.717) is 12.3 Å². The Hall–Kier alpha value is -0.830. The lowest BCUT2D eigenvalue weighted by Crippen LogP contribution is -2.30. The molecule has 1 N–H and O–H groups in total. The molecule has 0 radical (unpaired) electrons. The van der Waals surface area contributed by atoms with Gasteiger partial charge in [-0.2, -0.15) is 5.10 Å². The number of hydrogen-bond donors (Lipinski definition) is 1. The van der Waals surface area contributed by atoms with E-state index in [-0.39, 0.29) is 0 Å². The largest absolute Gasteiger partial charge is 0.390 e. The summed E-state index contributed by atoms with van der Waals surface area (Å²) in [5.74, 6) is 0.508. The standard InChI is InChI=1S/C13H24N2O/c1-6-15-12(7-11(4)14-15)9-13(5,16)8-10(2)3/h7,10,16H,6,8-9H2,1-5H3. The molecule has 1 heterocycles. The van der Waals surface area contributed by atoms with Crippen LogP contribution in [0.5, 0.6) is 0 Å². The van der Waals surface area contributed by atoms with Crippen LogP contribution in [0.2, 0.25) is 0 Å². The Balaban J connectivity index is 2.78. The molecule has 0 saturated heterocycles. The quantitative estimate of drug-likeness (QED) is 0.834. The van der Waals surface area contributed by atoms with E-state index < -0.39 is 5.60 Å². The fourth-order valence-electron chi connectivity index (χ4n) is 2.36. The first-order valence-electron chi connectivity index (χ1n) is 6.10. The molecule has 1 aromatic heterocycles. The Morgan fingerprint density at radius 2 is 2.12 bits per heavy atom. The van der Waals surface area contributed by atoms with Crippen LogP contribution in [0.1, 0.15) is 45.5 Å². The van der Waals surface area contributed by atoms with Gasteiger partial charge in [0.25, 0.3) is 0 Å². The minimum absolute atomic E-state index is 0.508. The third-order valence-electron chi connectivity index (χ3n) is 2.69. The SMILES string of the molecule is CCn1nc(C)cc1CC(C)(O)CC(C)C. The molecule has 0 fully saturated rings. The van der Waals surface area contributed by atoms with Crippen molar-refractivity contribution in [3.05, 3.63) is 17.5 Å². The van der Waals surface area contributed by atoms with Crippen molar-refractivity contribution >= 4 is 0 Å². The molecule has 1 aromatic rings. The third kappa shape index (κ3) is 3.63. The zero-order chi connectivity index (χ0) is 12.3. The normalized spacial score (nSPS) is 15.4. The van der Waals surface area contributed by atoms with Crippen molar-refractivity contribution in [3.8, 4) is 0 Å². The van der Waals surface area contributed by atoms with Gasteiger partial charge >= 0.3 is 0 Å². The summed E-state index contributed by atoms with van der Waals surface area (Å²) in [5.41, 5.74) is 1.52. The van der Waals surface area contributed by atoms with Gasteiger partial charge in [0, 0.05) is 18.7 Å². The van der Waals surface area contributed by atoms with Gasteiger partial charge in [-0.05, 0) is 39.2 Å². The zero-order valence-electron chi connectivity index (χ0n) is 11.1. The van der Waals surface area contributed by atoms with Crippen LogP contribution in [-0.4, -0.2) is 20.5 Å². The van der Waals surface area contributed by atoms with Crippen molar-refractivity contribution in [2.45, 2.75) is 59.6 Å². The van der Waals surface area contributed by atoms with Gasteiger partial charge in [-0.25, -0.2) is 0 Å². The van der Waals surface area contributed by atoms with Crippen molar-refractivity contribution in [1.82, 2.24) is 9.78 Å². The molecule has 1 atom stereocenters. The summed E-state index contributed by atoms with van der Waals surface area (Å²) in [6, 6.07) is 2.07. The minimum atomic E-state index is -0.631. The second-order valence-corrected chi connectivity index (χ2v) is 5.36. The molecule has 0 aliphatic carbocycles. The van der Waals surface area contributed by atoms with E-state index >= 15 is 0 Å². The van der Waals surface area contributed by atoms with E-state index in [0.717, 1.165) is 24.4 Å². The predicted octanol–water partition coefficient (Wildman–Crippen LogP) is 2.55. The first-order valence-corrected chi connectivity index (χ1v) is 6.10. The minimum Gasteiger partial charge on any atom is -0.390 e. The number of nitrogens with zero attached hydrogens (tertiary/aromatic N) is 2. The highest BCUT2D eigenvalue weighted by atomic mass is 16.3. The molecule has 0 saturated carbocycles. The molecular formula is C13H24N2O. The van der Waals surface area contributed by atoms with Gasteiger partial charge in [0.1, 0.15) is 0 Å². The summed E-state index contributed by atoms with van der Waals surface area (Å²) in [6.45, 7) is 11.1. The summed E-state index contributed by atoms with van der Waals surface area (Å²) in [7, 11) is 0. The summed E-state index contributed by atoms with van der Waals surface area (Å²) in [6.07, 6.45) is 1.50. The number of aliphatic hydroxyl groups is 1. The Kier molecular flexibility index (Phi) is 4.14. The first kappa shape index (κ1) is 13.2. The van der Waals surface area contributed by atoms with E-state index in [9.17, 15) is 5.11 Å². The van der Waals surface area contributed by atoms with E-state index in [1.807, 2.05) is 18.5 Å². The Morgan fingerprint density at radius 1 is 1.50 bits per heavy atom. The molecule has 0 amide bonds. The van der Waals surface area contributed by atoms with Gasteiger partial charge in [0.15, 0.2) is 0 Å². The second-order valence-electron chi connectivity index (χ2n) is 5.36.